The minimum atomic E-state index is -3.77. The molecule has 0 spiro atoms. The summed E-state index contributed by atoms with van der Waals surface area (Å²) in [5, 5.41) is 9.00. The molecule has 1 aromatic carbocycles. The number of aromatic carboxylic acids is 1. The van der Waals surface area contributed by atoms with Crippen LogP contribution < -0.4 is 4.72 Å². The van der Waals surface area contributed by atoms with Crippen LogP contribution in [-0.4, -0.2) is 29.5 Å². The number of hydrogen-bond acceptors (Lipinski definition) is 4. The van der Waals surface area contributed by atoms with E-state index in [-0.39, 0.29) is 17.0 Å². The Balaban J connectivity index is 2.25. The second kappa shape index (κ2) is 5.89. The first-order valence-corrected chi connectivity index (χ1v) is 7.96. The lowest BCUT2D eigenvalue weighted by atomic mass is 10.2. The lowest BCUT2D eigenvalue weighted by molar-refractivity contribution is 0.0695. The minimum absolute atomic E-state index is 0.0463. The van der Waals surface area contributed by atoms with Crippen molar-refractivity contribution in [3.63, 3.8) is 0 Å². The first-order chi connectivity index (χ1) is 9.40. The summed E-state index contributed by atoms with van der Waals surface area (Å²) in [5.74, 6) is -1.17. The van der Waals surface area contributed by atoms with E-state index in [0.29, 0.717) is 9.26 Å². The number of benzene rings is 1. The Morgan fingerprint density at radius 1 is 1.45 bits per heavy atom. The van der Waals surface area contributed by atoms with E-state index in [1.165, 1.54) is 24.7 Å². The molecule has 0 atom stereocenters. The van der Waals surface area contributed by atoms with Gasteiger partial charge in [-0.2, -0.15) is 0 Å². The van der Waals surface area contributed by atoms with Crippen molar-refractivity contribution < 1.29 is 18.3 Å². The fourth-order valence-corrected chi connectivity index (χ4v) is 3.07. The first kappa shape index (κ1) is 14.9. The van der Waals surface area contributed by atoms with E-state index >= 15 is 0 Å². The summed E-state index contributed by atoms with van der Waals surface area (Å²) in [7, 11) is -3.77. The Kier molecular flexibility index (Phi) is 4.40. The molecule has 0 saturated heterocycles. The minimum Gasteiger partial charge on any atom is -0.478 e. The number of sulfonamides is 1. The van der Waals surface area contributed by atoms with Gasteiger partial charge >= 0.3 is 5.97 Å². The highest BCUT2D eigenvalue weighted by atomic mass is 127. The first-order valence-electron chi connectivity index (χ1n) is 5.40. The number of H-pyrrole nitrogens is 1. The lowest BCUT2D eigenvalue weighted by Gasteiger charge is -2.07. The summed E-state index contributed by atoms with van der Waals surface area (Å²) < 4.78 is 27.0. The van der Waals surface area contributed by atoms with Gasteiger partial charge in [-0.25, -0.2) is 22.9 Å². The van der Waals surface area contributed by atoms with Crippen LogP contribution in [-0.2, 0) is 16.6 Å². The second-order valence-corrected chi connectivity index (χ2v) is 6.78. The molecule has 2 aromatic rings. The third-order valence-corrected chi connectivity index (χ3v) is 4.83. The maximum absolute atomic E-state index is 12.1. The van der Waals surface area contributed by atoms with Gasteiger partial charge in [-0.05, 0) is 40.8 Å². The zero-order valence-corrected chi connectivity index (χ0v) is 13.0. The normalized spacial score (nSPS) is 11.4. The number of carboxylic acid groups (broad SMARTS) is 1. The highest BCUT2D eigenvalue weighted by molar-refractivity contribution is 14.1. The Hall–Kier alpha value is -1.46. The average Bonchev–Trinajstić information content (AvgIpc) is 2.89. The van der Waals surface area contributed by atoms with Gasteiger partial charge in [0.2, 0.25) is 10.0 Å². The van der Waals surface area contributed by atoms with Crippen LogP contribution >= 0.6 is 22.6 Å². The summed E-state index contributed by atoms with van der Waals surface area (Å²) in [6.45, 7) is 0.0523. The molecule has 0 bridgehead atoms. The Bertz CT molecular complexity index is 728. The molecule has 1 heterocycles. The van der Waals surface area contributed by atoms with Crippen molar-refractivity contribution in [1.82, 2.24) is 14.7 Å². The monoisotopic (exact) mass is 407 g/mol. The molecule has 0 unspecified atom stereocenters. The van der Waals surface area contributed by atoms with E-state index in [4.69, 9.17) is 5.11 Å². The Morgan fingerprint density at radius 2 is 2.20 bits per heavy atom. The van der Waals surface area contributed by atoms with Gasteiger partial charge in [-0.15, -0.1) is 0 Å². The molecular weight excluding hydrogens is 397 g/mol. The number of aromatic amines is 1. The molecule has 1 aromatic heterocycles. The van der Waals surface area contributed by atoms with Crippen LogP contribution in [0.25, 0.3) is 0 Å². The van der Waals surface area contributed by atoms with Crippen LogP contribution in [0.1, 0.15) is 16.1 Å². The van der Waals surface area contributed by atoms with Crippen molar-refractivity contribution in [2.45, 2.75) is 11.4 Å². The van der Waals surface area contributed by atoms with Crippen LogP contribution in [0.15, 0.2) is 35.6 Å². The quantitative estimate of drug-likeness (QED) is 0.645. The topological polar surface area (TPSA) is 112 Å². The standard InChI is InChI=1S/C11H10IN3O4S/c12-10-2-1-8(3-9(10)11(16)17)20(18,19)15-5-7-4-13-6-14-7/h1-4,6,15H,5H2,(H,13,14)(H,16,17). The van der Waals surface area contributed by atoms with Gasteiger partial charge in [0.25, 0.3) is 0 Å². The number of nitrogens with one attached hydrogen (secondary N) is 2. The summed E-state index contributed by atoms with van der Waals surface area (Å²) in [6, 6.07) is 3.96. The molecule has 20 heavy (non-hydrogen) atoms. The number of carbonyl (C=O) groups is 1. The molecule has 9 heteroatoms. The van der Waals surface area contributed by atoms with Crippen LogP contribution in [0.5, 0.6) is 0 Å². The second-order valence-electron chi connectivity index (χ2n) is 3.85. The molecule has 0 aliphatic carbocycles. The summed E-state index contributed by atoms with van der Waals surface area (Å²) in [5.41, 5.74) is 0.563. The highest BCUT2D eigenvalue weighted by Gasteiger charge is 2.18. The number of halogens is 1. The third kappa shape index (κ3) is 3.35. The van der Waals surface area contributed by atoms with Gasteiger partial charge in [0.15, 0.2) is 0 Å². The predicted molar refractivity (Wildman–Crippen MR) is 78.7 cm³/mol. The van der Waals surface area contributed by atoms with E-state index in [1.807, 2.05) is 22.6 Å². The van der Waals surface area contributed by atoms with Crippen molar-refractivity contribution in [1.29, 1.82) is 0 Å². The molecule has 2 rings (SSSR count). The zero-order valence-electron chi connectivity index (χ0n) is 10.00. The van der Waals surface area contributed by atoms with E-state index in [1.54, 1.807) is 0 Å². The molecule has 0 amide bonds. The van der Waals surface area contributed by atoms with E-state index in [9.17, 15) is 13.2 Å². The number of nitrogens with zero attached hydrogens (tertiary/aromatic N) is 1. The molecule has 0 saturated carbocycles. The van der Waals surface area contributed by atoms with Crippen LogP contribution in [0, 0.1) is 3.57 Å². The molecular formula is C11H10IN3O4S. The van der Waals surface area contributed by atoms with Crippen LogP contribution in [0.2, 0.25) is 0 Å². The SMILES string of the molecule is O=C(O)c1cc(S(=O)(=O)NCc2cnc[nH]2)ccc1I. The largest absolute Gasteiger partial charge is 0.478 e. The van der Waals surface area contributed by atoms with Crippen molar-refractivity contribution in [2.75, 3.05) is 0 Å². The third-order valence-electron chi connectivity index (χ3n) is 2.49. The van der Waals surface area contributed by atoms with E-state index in [0.717, 1.165) is 6.07 Å². The van der Waals surface area contributed by atoms with Gasteiger partial charge in [0.1, 0.15) is 0 Å². The van der Waals surface area contributed by atoms with E-state index < -0.39 is 16.0 Å². The Morgan fingerprint density at radius 3 is 2.80 bits per heavy atom. The molecule has 0 aliphatic heterocycles. The Labute approximate surface area is 128 Å². The summed E-state index contributed by atoms with van der Waals surface area (Å²) in [4.78, 5) is 17.5. The maximum Gasteiger partial charge on any atom is 0.336 e. The lowest BCUT2D eigenvalue weighted by Crippen LogP contribution is -2.23. The number of hydrogen-bond donors (Lipinski definition) is 3. The number of carboxylic acids is 1. The molecule has 0 fully saturated rings. The van der Waals surface area contributed by atoms with Crippen molar-refractivity contribution in [2.24, 2.45) is 0 Å². The average molecular weight is 407 g/mol. The summed E-state index contributed by atoms with van der Waals surface area (Å²) >= 11 is 1.84. The highest BCUT2D eigenvalue weighted by Crippen LogP contribution is 2.18. The van der Waals surface area contributed by atoms with Gasteiger partial charge in [0, 0.05) is 15.5 Å². The van der Waals surface area contributed by atoms with Crippen molar-refractivity contribution in [3.05, 3.63) is 45.6 Å². The zero-order chi connectivity index (χ0) is 14.8. The van der Waals surface area contributed by atoms with Crippen molar-refractivity contribution in [3.8, 4) is 0 Å². The van der Waals surface area contributed by atoms with Gasteiger partial charge in [-0.1, -0.05) is 0 Å². The fourth-order valence-electron chi connectivity index (χ4n) is 1.47. The van der Waals surface area contributed by atoms with E-state index in [2.05, 4.69) is 14.7 Å². The number of imidazole rings is 1. The number of aromatic nitrogens is 2. The fraction of sp³-hybridized carbons (Fsp3) is 0.0909. The van der Waals surface area contributed by atoms with Crippen LogP contribution in [0.4, 0.5) is 0 Å². The molecule has 0 aliphatic rings. The van der Waals surface area contributed by atoms with Gasteiger partial charge in [0.05, 0.1) is 23.3 Å². The summed E-state index contributed by atoms with van der Waals surface area (Å²) in [6.07, 6.45) is 2.94. The van der Waals surface area contributed by atoms with Crippen LogP contribution in [0.3, 0.4) is 0 Å². The maximum atomic E-state index is 12.1. The van der Waals surface area contributed by atoms with Gasteiger partial charge in [-0.3, -0.25) is 0 Å². The molecule has 7 nitrogen and oxygen atoms in total. The number of rotatable bonds is 5. The predicted octanol–water partition coefficient (Wildman–Crippen LogP) is 1.19. The smallest absolute Gasteiger partial charge is 0.336 e. The van der Waals surface area contributed by atoms with Crippen molar-refractivity contribution >= 4 is 38.6 Å². The molecule has 0 radical (unpaired) electrons. The van der Waals surface area contributed by atoms with Gasteiger partial charge < -0.3 is 10.1 Å². The molecule has 3 N–H and O–H groups in total. The molecule has 106 valence electrons.